The van der Waals surface area contributed by atoms with Crippen LogP contribution >= 0.6 is 0 Å². The summed E-state index contributed by atoms with van der Waals surface area (Å²) in [4.78, 5) is 2.52. The Labute approximate surface area is 99.8 Å². The van der Waals surface area contributed by atoms with Crippen LogP contribution in [-0.4, -0.2) is 18.0 Å². The van der Waals surface area contributed by atoms with Gasteiger partial charge in [-0.05, 0) is 37.1 Å². The van der Waals surface area contributed by atoms with Crippen LogP contribution in [0.1, 0.15) is 37.8 Å². The Balaban J connectivity index is 2.58. The van der Waals surface area contributed by atoms with E-state index in [-0.39, 0.29) is 0 Å². The minimum absolute atomic E-state index is 1.07. The van der Waals surface area contributed by atoms with E-state index in [4.69, 9.17) is 0 Å². The molecule has 1 heteroatoms. The first-order chi connectivity index (χ1) is 7.80. The fourth-order valence-corrected chi connectivity index (χ4v) is 1.92. The summed E-state index contributed by atoms with van der Waals surface area (Å²) >= 11 is 0. The van der Waals surface area contributed by atoms with Crippen LogP contribution in [0.15, 0.2) is 30.8 Å². The van der Waals surface area contributed by atoms with Crippen molar-refractivity contribution in [3.8, 4) is 0 Å². The minimum Gasteiger partial charge on any atom is -0.299 e. The Morgan fingerprint density at radius 2 is 1.62 bits per heavy atom. The van der Waals surface area contributed by atoms with Gasteiger partial charge in [-0.25, -0.2) is 0 Å². The van der Waals surface area contributed by atoms with E-state index in [0.717, 1.165) is 6.54 Å². The standard InChI is InChI=1S/C15H23N/c1-4-11-16(12-5-2)13-15-9-7-14(6-3)8-10-15/h6-10H,3-5,11-13H2,1-2H3. The van der Waals surface area contributed by atoms with Gasteiger partial charge in [0.2, 0.25) is 0 Å². The van der Waals surface area contributed by atoms with E-state index < -0.39 is 0 Å². The highest BCUT2D eigenvalue weighted by Crippen LogP contribution is 2.09. The van der Waals surface area contributed by atoms with Crippen LogP contribution in [0.4, 0.5) is 0 Å². The molecule has 0 aliphatic rings. The first-order valence-corrected chi connectivity index (χ1v) is 6.23. The lowest BCUT2D eigenvalue weighted by Gasteiger charge is -2.20. The molecule has 0 saturated heterocycles. The van der Waals surface area contributed by atoms with Crippen molar-refractivity contribution in [3.63, 3.8) is 0 Å². The van der Waals surface area contributed by atoms with Crippen molar-refractivity contribution >= 4 is 6.08 Å². The fourth-order valence-electron chi connectivity index (χ4n) is 1.92. The summed E-state index contributed by atoms with van der Waals surface area (Å²) in [5.74, 6) is 0. The van der Waals surface area contributed by atoms with Crippen molar-refractivity contribution in [2.45, 2.75) is 33.2 Å². The van der Waals surface area contributed by atoms with E-state index in [0.29, 0.717) is 0 Å². The monoisotopic (exact) mass is 217 g/mol. The number of hydrogen-bond donors (Lipinski definition) is 0. The maximum atomic E-state index is 3.77. The number of nitrogens with zero attached hydrogens (tertiary/aromatic N) is 1. The van der Waals surface area contributed by atoms with E-state index >= 15 is 0 Å². The SMILES string of the molecule is C=Cc1ccc(CN(CCC)CCC)cc1. The van der Waals surface area contributed by atoms with E-state index in [1.165, 1.54) is 37.1 Å². The van der Waals surface area contributed by atoms with Gasteiger partial charge in [-0.1, -0.05) is 50.8 Å². The summed E-state index contributed by atoms with van der Waals surface area (Å²) in [6.07, 6.45) is 4.34. The largest absolute Gasteiger partial charge is 0.299 e. The van der Waals surface area contributed by atoms with Crippen LogP contribution in [0.5, 0.6) is 0 Å². The van der Waals surface area contributed by atoms with Crippen LogP contribution in [0, 0.1) is 0 Å². The summed E-state index contributed by atoms with van der Waals surface area (Å²) in [6.45, 7) is 11.7. The Bertz CT molecular complexity index is 294. The average molecular weight is 217 g/mol. The molecule has 1 rings (SSSR count). The molecule has 0 heterocycles. The Hall–Kier alpha value is -1.08. The lowest BCUT2D eigenvalue weighted by atomic mass is 10.1. The third kappa shape index (κ3) is 4.19. The lowest BCUT2D eigenvalue weighted by molar-refractivity contribution is 0.266. The van der Waals surface area contributed by atoms with Gasteiger partial charge in [0.15, 0.2) is 0 Å². The summed E-state index contributed by atoms with van der Waals surface area (Å²) in [5, 5.41) is 0. The zero-order chi connectivity index (χ0) is 11.8. The van der Waals surface area contributed by atoms with E-state index in [1.54, 1.807) is 0 Å². The average Bonchev–Trinajstić information content (AvgIpc) is 2.31. The normalized spacial score (nSPS) is 10.7. The van der Waals surface area contributed by atoms with Gasteiger partial charge in [-0.2, -0.15) is 0 Å². The van der Waals surface area contributed by atoms with Gasteiger partial charge >= 0.3 is 0 Å². The van der Waals surface area contributed by atoms with Gasteiger partial charge in [0.25, 0.3) is 0 Å². The molecule has 1 aromatic carbocycles. The highest BCUT2D eigenvalue weighted by Gasteiger charge is 2.03. The molecule has 0 N–H and O–H groups in total. The quantitative estimate of drug-likeness (QED) is 0.668. The van der Waals surface area contributed by atoms with Crippen molar-refractivity contribution in [1.29, 1.82) is 0 Å². The molecule has 16 heavy (non-hydrogen) atoms. The topological polar surface area (TPSA) is 3.24 Å². The molecule has 88 valence electrons. The molecular weight excluding hydrogens is 194 g/mol. The highest BCUT2D eigenvalue weighted by atomic mass is 15.1. The molecule has 0 aromatic heterocycles. The number of benzene rings is 1. The molecule has 1 nitrogen and oxygen atoms in total. The molecule has 0 aliphatic carbocycles. The molecular formula is C15H23N. The second kappa shape index (κ2) is 7.24. The second-order valence-corrected chi connectivity index (χ2v) is 4.22. The fraction of sp³-hybridized carbons (Fsp3) is 0.467. The summed E-state index contributed by atoms with van der Waals surface area (Å²) < 4.78 is 0. The first-order valence-electron chi connectivity index (χ1n) is 6.23. The van der Waals surface area contributed by atoms with Crippen LogP contribution < -0.4 is 0 Å². The maximum absolute atomic E-state index is 3.77. The third-order valence-corrected chi connectivity index (χ3v) is 2.70. The highest BCUT2D eigenvalue weighted by molar-refractivity contribution is 5.47. The molecule has 0 bridgehead atoms. The zero-order valence-electron chi connectivity index (χ0n) is 10.6. The van der Waals surface area contributed by atoms with E-state index in [9.17, 15) is 0 Å². The number of hydrogen-bond acceptors (Lipinski definition) is 1. The molecule has 0 spiro atoms. The molecule has 0 radical (unpaired) electrons. The summed E-state index contributed by atoms with van der Waals surface area (Å²) in [7, 11) is 0. The lowest BCUT2D eigenvalue weighted by Crippen LogP contribution is -2.24. The minimum atomic E-state index is 1.07. The molecule has 0 fully saturated rings. The van der Waals surface area contributed by atoms with Crippen molar-refractivity contribution < 1.29 is 0 Å². The predicted octanol–water partition coefficient (Wildman–Crippen LogP) is 3.95. The third-order valence-electron chi connectivity index (χ3n) is 2.70. The van der Waals surface area contributed by atoms with Gasteiger partial charge in [0.05, 0.1) is 0 Å². The number of rotatable bonds is 7. The van der Waals surface area contributed by atoms with Crippen LogP contribution in [0.3, 0.4) is 0 Å². The predicted molar refractivity (Wildman–Crippen MR) is 72.4 cm³/mol. The Kier molecular flexibility index (Phi) is 5.87. The molecule has 0 saturated carbocycles. The molecule has 0 aliphatic heterocycles. The Morgan fingerprint density at radius 1 is 1.06 bits per heavy atom. The van der Waals surface area contributed by atoms with Gasteiger partial charge in [-0.15, -0.1) is 0 Å². The maximum Gasteiger partial charge on any atom is 0.0233 e. The van der Waals surface area contributed by atoms with Crippen molar-refractivity contribution in [2.75, 3.05) is 13.1 Å². The summed E-state index contributed by atoms with van der Waals surface area (Å²) in [5.41, 5.74) is 2.59. The van der Waals surface area contributed by atoms with Gasteiger partial charge in [-0.3, -0.25) is 4.90 Å². The smallest absolute Gasteiger partial charge is 0.0233 e. The van der Waals surface area contributed by atoms with E-state index in [2.05, 4.69) is 49.6 Å². The summed E-state index contributed by atoms with van der Waals surface area (Å²) in [6, 6.07) is 8.68. The van der Waals surface area contributed by atoms with Gasteiger partial charge in [0, 0.05) is 6.54 Å². The molecule has 1 aromatic rings. The van der Waals surface area contributed by atoms with Gasteiger partial charge < -0.3 is 0 Å². The van der Waals surface area contributed by atoms with Crippen molar-refractivity contribution in [1.82, 2.24) is 4.90 Å². The van der Waals surface area contributed by atoms with Crippen LogP contribution in [0.2, 0.25) is 0 Å². The second-order valence-electron chi connectivity index (χ2n) is 4.22. The van der Waals surface area contributed by atoms with Crippen LogP contribution in [-0.2, 0) is 6.54 Å². The molecule has 0 amide bonds. The first kappa shape index (κ1) is 13.0. The molecule has 0 atom stereocenters. The Morgan fingerprint density at radius 3 is 2.06 bits per heavy atom. The van der Waals surface area contributed by atoms with Crippen molar-refractivity contribution in [3.05, 3.63) is 42.0 Å². The van der Waals surface area contributed by atoms with Crippen LogP contribution in [0.25, 0.3) is 6.08 Å². The van der Waals surface area contributed by atoms with E-state index in [1.807, 2.05) is 6.08 Å². The van der Waals surface area contributed by atoms with Gasteiger partial charge in [0.1, 0.15) is 0 Å². The van der Waals surface area contributed by atoms with Crippen molar-refractivity contribution in [2.24, 2.45) is 0 Å². The zero-order valence-corrected chi connectivity index (χ0v) is 10.6. The molecule has 0 unspecified atom stereocenters.